The molecule has 0 aliphatic heterocycles. The largest absolute Gasteiger partial charge is 0.306 e. The van der Waals surface area contributed by atoms with Gasteiger partial charge in [-0.15, -0.1) is 10.2 Å². The highest BCUT2D eigenvalue weighted by Crippen LogP contribution is 2.27. The Kier molecular flexibility index (Phi) is 10.6. The van der Waals surface area contributed by atoms with Crippen LogP contribution in [0.3, 0.4) is 0 Å². The Morgan fingerprint density at radius 1 is 1.00 bits per heavy atom. The number of nitrogens with zero attached hydrogens (tertiary/aromatic N) is 3. The normalized spacial score (nSPS) is 14.2. The number of unbranched alkanes of at least 4 members (excludes halogenated alkanes) is 7. The van der Waals surface area contributed by atoms with Crippen LogP contribution in [0, 0.1) is 0 Å². The van der Waals surface area contributed by atoms with Gasteiger partial charge in [0.25, 0.3) is 0 Å². The van der Waals surface area contributed by atoms with Crippen LogP contribution in [0.2, 0.25) is 0 Å². The third-order valence-electron chi connectivity index (χ3n) is 4.38. The first-order valence-corrected chi connectivity index (χ1v) is 10.1. The lowest BCUT2D eigenvalue weighted by atomic mass is 10.1. The maximum atomic E-state index is 4.29. The minimum atomic E-state index is 0.493. The topological polar surface area (TPSA) is 30.7 Å². The van der Waals surface area contributed by atoms with Gasteiger partial charge in [0.15, 0.2) is 5.16 Å². The first kappa shape index (κ1) is 19.5. The van der Waals surface area contributed by atoms with Crippen molar-refractivity contribution >= 4 is 11.8 Å². The van der Waals surface area contributed by atoms with Crippen molar-refractivity contribution in [1.82, 2.24) is 14.8 Å². The zero-order chi connectivity index (χ0) is 16.2. The Morgan fingerprint density at radius 3 is 2.27 bits per heavy atom. The van der Waals surface area contributed by atoms with Gasteiger partial charge in [-0.05, 0) is 19.8 Å². The molecule has 1 aromatic heterocycles. The van der Waals surface area contributed by atoms with Crippen LogP contribution in [0.5, 0.6) is 0 Å². The van der Waals surface area contributed by atoms with E-state index in [1.54, 1.807) is 0 Å². The third-order valence-corrected chi connectivity index (χ3v) is 5.52. The van der Waals surface area contributed by atoms with Crippen molar-refractivity contribution in [2.24, 2.45) is 0 Å². The summed E-state index contributed by atoms with van der Waals surface area (Å²) in [6, 6.07) is 0.493. The maximum absolute atomic E-state index is 4.29. The summed E-state index contributed by atoms with van der Waals surface area (Å²) in [6.07, 6.45) is 15.4. The van der Waals surface area contributed by atoms with Gasteiger partial charge in [-0.3, -0.25) is 0 Å². The van der Waals surface area contributed by atoms with Crippen LogP contribution in [0.1, 0.15) is 97.9 Å². The van der Waals surface area contributed by atoms with Crippen molar-refractivity contribution in [2.45, 2.75) is 108 Å². The molecule has 1 aromatic rings. The molecule has 1 heterocycles. The number of hydrogen-bond donors (Lipinski definition) is 0. The zero-order valence-electron chi connectivity index (χ0n) is 15.1. The van der Waals surface area contributed by atoms with Crippen LogP contribution in [-0.4, -0.2) is 20.0 Å². The fraction of sp³-hybridized carbons (Fsp3) is 0.889. The maximum Gasteiger partial charge on any atom is 0.191 e. The van der Waals surface area contributed by atoms with E-state index in [1.165, 1.54) is 57.8 Å². The molecule has 0 bridgehead atoms. The molecule has 2 unspecified atom stereocenters. The average Bonchev–Trinajstić information content (AvgIpc) is 2.97. The first-order chi connectivity index (χ1) is 10.7. The molecule has 2 atom stereocenters. The van der Waals surface area contributed by atoms with Crippen LogP contribution < -0.4 is 0 Å². The van der Waals surface area contributed by atoms with Crippen LogP contribution in [0.15, 0.2) is 11.5 Å². The van der Waals surface area contributed by atoms with Gasteiger partial charge in [0.05, 0.1) is 0 Å². The lowest BCUT2D eigenvalue weighted by Gasteiger charge is -2.15. The summed E-state index contributed by atoms with van der Waals surface area (Å²) < 4.78 is 2.22. The van der Waals surface area contributed by atoms with E-state index in [1.807, 2.05) is 18.1 Å². The number of thioether (sulfide) groups is 1. The van der Waals surface area contributed by atoms with Crippen LogP contribution >= 0.6 is 11.8 Å². The molecule has 0 aliphatic rings. The summed E-state index contributed by atoms with van der Waals surface area (Å²) in [5.41, 5.74) is 0. The fourth-order valence-corrected chi connectivity index (χ4v) is 3.71. The molecule has 128 valence electrons. The SMILES string of the molecule is CCCCCCCCCCC(C)Sc1nncn1C(C)CC. The van der Waals surface area contributed by atoms with E-state index in [0.29, 0.717) is 11.3 Å². The van der Waals surface area contributed by atoms with Gasteiger partial charge in [-0.25, -0.2) is 0 Å². The molecule has 4 heteroatoms. The smallest absolute Gasteiger partial charge is 0.191 e. The molecule has 0 aromatic carbocycles. The van der Waals surface area contributed by atoms with Crippen molar-refractivity contribution in [1.29, 1.82) is 0 Å². The van der Waals surface area contributed by atoms with Crippen molar-refractivity contribution in [3.63, 3.8) is 0 Å². The third kappa shape index (κ3) is 7.66. The zero-order valence-corrected chi connectivity index (χ0v) is 15.9. The molecule has 0 fully saturated rings. The van der Waals surface area contributed by atoms with Crippen LogP contribution in [0.25, 0.3) is 0 Å². The minimum absolute atomic E-state index is 0.493. The highest BCUT2D eigenvalue weighted by molar-refractivity contribution is 7.99. The van der Waals surface area contributed by atoms with E-state index in [-0.39, 0.29) is 0 Å². The van der Waals surface area contributed by atoms with Crippen LogP contribution in [-0.2, 0) is 0 Å². The van der Waals surface area contributed by atoms with Gasteiger partial charge in [-0.1, -0.05) is 83.9 Å². The van der Waals surface area contributed by atoms with Crippen molar-refractivity contribution < 1.29 is 0 Å². The van der Waals surface area contributed by atoms with Crippen molar-refractivity contribution in [3.05, 3.63) is 6.33 Å². The first-order valence-electron chi connectivity index (χ1n) is 9.25. The highest BCUT2D eigenvalue weighted by atomic mass is 32.2. The summed E-state index contributed by atoms with van der Waals surface area (Å²) in [5, 5.41) is 10.1. The quantitative estimate of drug-likeness (QED) is 0.317. The van der Waals surface area contributed by atoms with E-state index in [2.05, 4.69) is 42.5 Å². The van der Waals surface area contributed by atoms with Gasteiger partial charge < -0.3 is 4.57 Å². The highest BCUT2D eigenvalue weighted by Gasteiger charge is 2.13. The summed E-state index contributed by atoms with van der Waals surface area (Å²) >= 11 is 1.88. The second-order valence-corrected chi connectivity index (χ2v) is 7.88. The summed E-state index contributed by atoms with van der Waals surface area (Å²) in [5.74, 6) is 0. The van der Waals surface area contributed by atoms with E-state index in [9.17, 15) is 0 Å². The molecular formula is C18H35N3S. The van der Waals surface area contributed by atoms with Crippen LogP contribution in [0.4, 0.5) is 0 Å². The minimum Gasteiger partial charge on any atom is -0.306 e. The molecule has 3 nitrogen and oxygen atoms in total. The summed E-state index contributed by atoms with van der Waals surface area (Å²) in [4.78, 5) is 0. The monoisotopic (exact) mass is 325 g/mol. The predicted molar refractivity (Wildman–Crippen MR) is 97.6 cm³/mol. The number of hydrogen-bond acceptors (Lipinski definition) is 3. The van der Waals surface area contributed by atoms with Gasteiger partial charge in [0, 0.05) is 11.3 Å². The Bertz CT molecular complexity index is 378. The molecule has 0 N–H and O–H groups in total. The molecule has 0 amide bonds. The van der Waals surface area contributed by atoms with E-state index >= 15 is 0 Å². The van der Waals surface area contributed by atoms with Gasteiger partial charge in [-0.2, -0.15) is 0 Å². The van der Waals surface area contributed by atoms with Gasteiger partial charge in [0.1, 0.15) is 6.33 Å². The van der Waals surface area contributed by atoms with Gasteiger partial charge >= 0.3 is 0 Å². The number of aromatic nitrogens is 3. The summed E-state index contributed by atoms with van der Waals surface area (Å²) in [7, 11) is 0. The van der Waals surface area contributed by atoms with E-state index in [0.717, 1.165) is 11.6 Å². The predicted octanol–water partition coefficient (Wildman–Crippen LogP) is 6.26. The Hall–Kier alpha value is -0.510. The summed E-state index contributed by atoms with van der Waals surface area (Å²) in [6.45, 7) is 9.04. The molecule has 22 heavy (non-hydrogen) atoms. The lowest BCUT2D eigenvalue weighted by Crippen LogP contribution is -2.06. The Morgan fingerprint density at radius 2 is 1.64 bits per heavy atom. The Labute approximate surface area is 141 Å². The second-order valence-electron chi connectivity index (χ2n) is 6.47. The van der Waals surface area contributed by atoms with Crippen molar-refractivity contribution in [2.75, 3.05) is 0 Å². The average molecular weight is 326 g/mol. The molecule has 0 spiro atoms. The fourth-order valence-electron chi connectivity index (χ4n) is 2.62. The second kappa shape index (κ2) is 12.0. The number of rotatable bonds is 13. The van der Waals surface area contributed by atoms with Gasteiger partial charge in [0.2, 0.25) is 0 Å². The lowest BCUT2D eigenvalue weighted by molar-refractivity contribution is 0.491. The molecule has 0 radical (unpaired) electrons. The standard InChI is InChI=1S/C18H35N3S/c1-5-7-8-9-10-11-12-13-14-17(4)22-18-20-19-15-21(18)16(3)6-2/h15-17H,5-14H2,1-4H3. The molecule has 0 saturated carbocycles. The molecule has 1 rings (SSSR count). The molecular weight excluding hydrogens is 290 g/mol. The van der Waals surface area contributed by atoms with E-state index < -0.39 is 0 Å². The molecule has 0 aliphatic carbocycles. The van der Waals surface area contributed by atoms with E-state index in [4.69, 9.17) is 0 Å². The van der Waals surface area contributed by atoms with Crippen molar-refractivity contribution in [3.8, 4) is 0 Å². The Balaban J connectivity index is 2.13. The molecule has 0 saturated heterocycles.